The second kappa shape index (κ2) is 7.67. The van der Waals surface area contributed by atoms with Crippen LogP contribution in [0.15, 0.2) is 72.8 Å². The maximum Gasteiger partial charge on any atom is 0.343 e. The van der Waals surface area contributed by atoms with E-state index in [-0.39, 0.29) is 11.4 Å². The molecule has 0 heterocycles. The van der Waals surface area contributed by atoms with E-state index in [1.165, 1.54) is 0 Å². The monoisotopic (exact) mass is 360 g/mol. The Labute approximate surface area is 160 Å². The van der Waals surface area contributed by atoms with Crippen molar-refractivity contribution < 1.29 is 14.3 Å². The summed E-state index contributed by atoms with van der Waals surface area (Å²) in [4.78, 5) is 12.6. The molecule has 0 spiro atoms. The van der Waals surface area contributed by atoms with Gasteiger partial charge in [0.15, 0.2) is 0 Å². The van der Waals surface area contributed by atoms with E-state index >= 15 is 0 Å². The van der Waals surface area contributed by atoms with Crippen LogP contribution in [0.25, 0.3) is 11.1 Å². The van der Waals surface area contributed by atoms with Crippen molar-refractivity contribution >= 4 is 5.97 Å². The predicted molar refractivity (Wildman–Crippen MR) is 109 cm³/mol. The molecule has 0 amide bonds. The van der Waals surface area contributed by atoms with E-state index in [2.05, 4.69) is 20.8 Å². The summed E-state index contributed by atoms with van der Waals surface area (Å²) in [7, 11) is 1.63. The van der Waals surface area contributed by atoms with E-state index in [1.807, 2.05) is 48.5 Å². The lowest BCUT2D eigenvalue weighted by Crippen LogP contribution is -2.16. The number of hydrogen-bond donors (Lipinski definition) is 0. The third-order valence-electron chi connectivity index (χ3n) is 4.43. The van der Waals surface area contributed by atoms with Gasteiger partial charge in [0.05, 0.1) is 12.7 Å². The Hall–Kier alpha value is -3.07. The molecule has 27 heavy (non-hydrogen) atoms. The zero-order valence-corrected chi connectivity index (χ0v) is 16.2. The molecular formula is C24H24O3. The number of esters is 1. The van der Waals surface area contributed by atoms with Crippen LogP contribution in [0, 0.1) is 0 Å². The summed E-state index contributed by atoms with van der Waals surface area (Å²) < 4.78 is 11.0. The molecule has 0 aliphatic heterocycles. The van der Waals surface area contributed by atoms with Gasteiger partial charge < -0.3 is 9.47 Å². The van der Waals surface area contributed by atoms with Crippen molar-refractivity contribution in [1.29, 1.82) is 0 Å². The smallest absolute Gasteiger partial charge is 0.343 e. The number of hydrogen-bond acceptors (Lipinski definition) is 3. The van der Waals surface area contributed by atoms with Gasteiger partial charge in [-0.05, 0) is 46.9 Å². The molecule has 0 saturated heterocycles. The van der Waals surface area contributed by atoms with Crippen LogP contribution < -0.4 is 9.47 Å². The quantitative estimate of drug-likeness (QED) is 0.430. The summed E-state index contributed by atoms with van der Waals surface area (Å²) in [5, 5.41) is 0. The Bertz CT molecular complexity index is 920. The van der Waals surface area contributed by atoms with Crippen LogP contribution in [0.1, 0.15) is 36.7 Å². The highest BCUT2D eigenvalue weighted by Crippen LogP contribution is 2.34. The fourth-order valence-electron chi connectivity index (χ4n) is 2.90. The van der Waals surface area contributed by atoms with Crippen molar-refractivity contribution in [2.75, 3.05) is 7.11 Å². The number of benzene rings is 3. The number of carbonyl (C=O) groups excluding carboxylic acids is 1. The number of carbonyl (C=O) groups is 1. The normalized spacial score (nSPS) is 11.1. The third-order valence-corrected chi connectivity index (χ3v) is 4.43. The lowest BCUT2D eigenvalue weighted by atomic mass is 9.86. The SMILES string of the molecule is COc1ccc(OC(=O)c2ccc(-c3ccccc3)cc2)c(C(C)(C)C)c1. The highest BCUT2D eigenvalue weighted by atomic mass is 16.5. The first kappa shape index (κ1) is 18.7. The molecule has 0 N–H and O–H groups in total. The third kappa shape index (κ3) is 4.37. The van der Waals surface area contributed by atoms with Crippen LogP contribution in [0.3, 0.4) is 0 Å². The Morgan fingerprint density at radius 3 is 2.04 bits per heavy atom. The fourth-order valence-corrected chi connectivity index (χ4v) is 2.90. The lowest BCUT2D eigenvalue weighted by Gasteiger charge is -2.23. The van der Waals surface area contributed by atoms with Crippen LogP contribution in [0.2, 0.25) is 0 Å². The van der Waals surface area contributed by atoms with Crippen LogP contribution in [-0.2, 0) is 5.41 Å². The fraction of sp³-hybridized carbons (Fsp3) is 0.208. The molecule has 3 rings (SSSR count). The maximum absolute atomic E-state index is 12.6. The van der Waals surface area contributed by atoms with Gasteiger partial charge in [0.1, 0.15) is 11.5 Å². The molecule has 3 heteroatoms. The van der Waals surface area contributed by atoms with E-state index in [9.17, 15) is 4.79 Å². The zero-order valence-electron chi connectivity index (χ0n) is 16.2. The van der Waals surface area contributed by atoms with E-state index in [4.69, 9.17) is 9.47 Å². The first-order chi connectivity index (χ1) is 12.9. The molecule has 138 valence electrons. The van der Waals surface area contributed by atoms with E-state index in [1.54, 1.807) is 31.4 Å². The van der Waals surface area contributed by atoms with Gasteiger partial charge in [-0.2, -0.15) is 0 Å². The summed E-state index contributed by atoms with van der Waals surface area (Å²) in [5.74, 6) is 0.928. The molecule has 0 aliphatic carbocycles. The minimum atomic E-state index is -0.370. The van der Waals surface area contributed by atoms with Gasteiger partial charge in [0.25, 0.3) is 0 Å². The molecule has 0 radical (unpaired) electrons. The maximum atomic E-state index is 12.6. The van der Waals surface area contributed by atoms with Crippen LogP contribution in [0.5, 0.6) is 11.5 Å². The molecular weight excluding hydrogens is 336 g/mol. The molecule has 3 aromatic carbocycles. The van der Waals surface area contributed by atoms with Crippen molar-refractivity contribution in [3.63, 3.8) is 0 Å². The summed E-state index contributed by atoms with van der Waals surface area (Å²) >= 11 is 0. The van der Waals surface area contributed by atoms with E-state index in [0.29, 0.717) is 11.3 Å². The lowest BCUT2D eigenvalue weighted by molar-refractivity contribution is 0.0731. The molecule has 0 aliphatic rings. The highest BCUT2D eigenvalue weighted by molar-refractivity contribution is 5.91. The first-order valence-electron chi connectivity index (χ1n) is 8.94. The number of rotatable bonds is 4. The number of ether oxygens (including phenoxy) is 2. The molecule has 0 aromatic heterocycles. The Balaban J connectivity index is 1.83. The highest BCUT2D eigenvalue weighted by Gasteiger charge is 2.22. The van der Waals surface area contributed by atoms with E-state index in [0.717, 1.165) is 22.4 Å². The standard InChI is InChI=1S/C24H24O3/c1-24(2,3)21-16-20(26-4)14-15-22(21)27-23(25)19-12-10-18(11-13-19)17-8-6-5-7-9-17/h5-16H,1-4H3. The van der Waals surface area contributed by atoms with Gasteiger partial charge in [0.2, 0.25) is 0 Å². The minimum absolute atomic E-state index is 0.179. The van der Waals surface area contributed by atoms with Crippen molar-refractivity contribution in [1.82, 2.24) is 0 Å². The first-order valence-corrected chi connectivity index (χ1v) is 8.94. The predicted octanol–water partition coefficient (Wildman–Crippen LogP) is 5.88. The molecule has 0 fully saturated rings. The summed E-state index contributed by atoms with van der Waals surface area (Å²) in [6, 6.07) is 23.0. The van der Waals surface area contributed by atoms with Gasteiger partial charge in [-0.3, -0.25) is 0 Å². The Morgan fingerprint density at radius 2 is 1.44 bits per heavy atom. The van der Waals surface area contributed by atoms with Crippen molar-refractivity contribution in [3.8, 4) is 22.6 Å². The van der Waals surface area contributed by atoms with Gasteiger partial charge in [-0.15, -0.1) is 0 Å². The molecule has 0 saturated carbocycles. The number of methoxy groups -OCH3 is 1. The van der Waals surface area contributed by atoms with Crippen LogP contribution in [0.4, 0.5) is 0 Å². The largest absolute Gasteiger partial charge is 0.497 e. The average molecular weight is 360 g/mol. The molecule has 0 bridgehead atoms. The molecule has 0 unspecified atom stereocenters. The van der Waals surface area contributed by atoms with Crippen molar-refractivity contribution in [2.45, 2.75) is 26.2 Å². The zero-order chi connectivity index (χ0) is 19.4. The van der Waals surface area contributed by atoms with E-state index < -0.39 is 0 Å². The van der Waals surface area contributed by atoms with Gasteiger partial charge in [-0.25, -0.2) is 4.79 Å². The molecule has 3 aromatic rings. The Kier molecular flexibility index (Phi) is 5.31. The molecule has 3 nitrogen and oxygen atoms in total. The molecule has 0 atom stereocenters. The van der Waals surface area contributed by atoms with Crippen molar-refractivity contribution in [2.24, 2.45) is 0 Å². The summed E-state index contributed by atoms with van der Waals surface area (Å²) in [5.41, 5.74) is 3.44. The van der Waals surface area contributed by atoms with Crippen LogP contribution >= 0.6 is 0 Å². The second-order valence-corrected chi connectivity index (χ2v) is 7.44. The Morgan fingerprint density at radius 1 is 0.815 bits per heavy atom. The summed E-state index contributed by atoms with van der Waals surface area (Å²) in [6.45, 7) is 6.23. The average Bonchev–Trinajstić information content (AvgIpc) is 2.68. The minimum Gasteiger partial charge on any atom is -0.497 e. The van der Waals surface area contributed by atoms with Gasteiger partial charge >= 0.3 is 5.97 Å². The second-order valence-electron chi connectivity index (χ2n) is 7.44. The topological polar surface area (TPSA) is 35.5 Å². The van der Waals surface area contributed by atoms with Gasteiger partial charge in [0, 0.05) is 5.56 Å². The van der Waals surface area contributed by atoms with Crippen LogP contribution in [-0.4, -0.2) is 13.1 Å². The van der Waals surface area contributed by atoms with Gasteiger partial charge in [-0.1, -0.05) is 63.2 Å². The summed E-state index contributed by atoms with van der Waals surface area (Å²) in [6.07, 6.45) is 0. The van der Waals surface area contributed by atoms with Crippen molar-refractivity contribution in [3.05, 3.63) is 83.9 Å².